The van der Waals surface area contributed by atoms with E-state index in [-0.39, 0.29) is 12.1 Å². The monoisotopic (exact) mass is 352 g/mol. The van der Waals surface area contributed by atoms with Crippen LogP contribution in [0.1, 0.15) is 49.7 Å². The zero-order valence-corrected chi connectivity index (χ0v) is 15.1. The van der Waals surface area contributed by atoms with Crippen LogP contribution in [0.15, 0.2) is 9.05 Å². The van der Waals surface area contributed by atoms with E-state index in [4.69, 9.17) is 9.05 Å². The van der Waals surface area contributed by atoms with Crippen molar-refractivity contribution < 1.29 is 13.4 Å². The van der Waals surface area contributed by atoms with Gasteiger partial charge in [0.1, 0.15) is 6.17 Å². The van der Waals surface area contributed by atoms with Crippen LogP contribution < -0.4 is 0 Å². The van der Waals surface area contributed by atoms with E-state index in [2.05, 4.69) is 30.1 Å². The summed E-state index contributed by atoms with van der Waals surface area (Å²) in [5.74, 6) is 2.41. The molecule has 9 heteroatoms. The number of likely N-dealkylation sites (tertiary alicyclic amines) is 1. The first-order chi connectivity index (χ1) is 12.0. The molecule has 138 valence electrons. The van der Waals surface area contributed by atoms with Gasteiger partial charge < -0.3 is 9.05 Å². The van der Waals surface area contributed by atoms with Gasteiger partial charge in [0.15, 0.2) is 11.6 Å². The zero-order valence-electron chi connectivity index (χ0n) is 15.1. The van der Waals surface area contributed by atoms with E-state index < -0.39 is 6.17 Å². The molecule has 3 atom stereocenters. The molecule has 0 saturated carbocycles. The fraction of sp³-hybridized carbons (Fsp3) is 0.750. The predicted octanol–water partition coefficient (Wildman–Crippen LogP) is 1.93. The third-order valence-corrected chi connectivity index (χ3v) is 4.71. The van der Waals surface area contributed by atoms with Crippen molar-refractivity contribution in [2.24, 2.45) is 0 Å². The van der Waals surface area contributed by atoms with Gasteiger partial charge in [-0.3, -0.25) is 9.80 Å². The van der Waals surface area contributed by atoms with Crippen molar-refractivity contribution in [2.75, 3.05) is 20.1 Å². The Labute approximate surface area is 146 Å². The molecule has 25 heavy (non-hydrogen) atoms. The van der Waals surface area contributed by atoms with Crippen LogP contribution in [0.3, 0.4) is 0 Å². The van der Waals surface area contributed by atoms with E-state index >= 15 is 0 Å². The molecule has 0 bridgehead atoms. The number of nitrogens with zero attached hydrogens (tertiary/aromatic N) is 6. The van der Waals surface area contributed by atoms with Crippen molar-refractivity contribution in [3.05, 3.63) is 23.4 Å². The Kier molecular flexibility index (Phi) is 5.43. The van der Waals surface area contributed by atoms with E-state index in [1.54, 1.807) is 6.92 Å². The van der Waals surface area contributed by atoms with Crippen molar-refractivity contribution in [3.8, 4) is 0 Å². The highest BCUT2D eigenvalue weighted by Crippen LogP contribution is 2.25. The molecule has 1 fully saturated rings. The fourth-order valence-electron chi connectivity index (χ4n) is 3.15. The number of aryl methyl sites for hydroxylation is 2. The molecule has 0 spiro atoms. The molecule has 0 aromatic carbocycles. The summed E-state index contributed by atoms with van der Waals surface area (Å²) in [6.45, 7) is 7.33. The summed E-state index contributed by atoms with van der Waals surface area (Å²) in [5.41, 5.74) is 0. The molecule has 0 N–H and O–H groups in total. The highest BCUT2D eigenvalue weighted by atomic mass is 19.1. The van der Waals surface area contributed by atoms with Gasteiger partial charge in [0.2, 0.25) is 11.8 Å². The molecule has 0 unspecified atom stereocenters. The van der Waals surface area contributed by atoms with Crippen molar-refractivity contribution in [3.63, 3.8) is 0 Å². The van der Waals surface area contributed by atoms with Gasteiger partial charge in [0.25, 0.3) is 0 Å². The first kappa shape index (κ1) is 17.9. The zero-order chi connectivity index (χ0) is 18.0. The molecule has 8 nitrogen and oxygen atoms in total. The molecule has 1 aliphatic heterocycles. The SMILES string of the molecule is CCc1noc([C@H](C)N(C)C[C@@H]2C[C@H](F)CN2Cc2noc(C)n2)n1. The van der Waals surface area contributed by atoms with Crippen LogP contribution in [0, 0.1) is 6.92 Å². The molecule has 3 heterocycles. The molecule has 1 saturated heterocycles. The number of hydrogen-bond donors (Lipinski definition) is 0. The van der Waals surface area contributed by atoms with Gasteiger partial charge in [-0.25, -0.2) is 4.39 Å². The average Bonchev–Trinajstić information content (AvgIpc) is 3.28. The largest absolute Gasteiger partial charge is 0.340 e. The third-order valence-electron chi connectivity index (χ3n) is 4.71. The number of rotatable bonds is 7. The van der Waals surface area contributed by atoms with Crippen LogP contribution >= 0.6 is 0 Å². The van der Waals surface area contributed by atoms with Gasteiger partial charge in [0, 0.05) is 32.5 Å². The van der Waals surface area contributed by atoms with Crippen LogP contribution in [0.25, 0.3) is 0 Å². The maximum Gasteiger partial charge on any atom is 0.243 e. The lowest BCUT2D eigenvalue weighted by Crippen LogP contribution is -2.39. The van der Waals surface area contributed by atoms with Gasteiger partial charge in [-0.2, -0.15) is 9.97 Å². The Morgan fingerprint density at radius 3 is 2.68 bits per heavy atom. The molecule has 1 aliphatic rings. The summed E-state index contributed by atoms with van der Waals surface area (Å²) in [6, 6.07) is 0.0514. The number of likely N-dealkylation sites (N-methyl/N-ethyl adjacent to an activating group) is 1. The molecule has 0 radical (unpaired) electrons. The molecule has 3 rings (SSSR count). The minimum absolute atomic E-state index is 0.0271. The Hall–Kier alpha value is -1.87. The molecule has 2 aromatic rings. The van der Waals surface area contributed by atoms with Crippen LogP contribution in [0.5, 0.6) is 0 Å². The van der Waals surface area contributed by atoms with Gasteiger partial charge >= 0.3 is 0 Å². The maximum absolute atomic E-state index is 14.0. The molecule has 0 amide bonds. The fourth-order valence-corrected chi connectivity index (χ4v) is 3.15. The highest BCUT2D eigenvalue weighted by molar-refractivity contribution is 4.95. The van der Waals surface area contributed by atoms with E-state index in [9.17, 15) is 4.39 Å². The lowest BCUT2D eigenvalue weighted by atomic mass is 10.1. The molecule has 2 aromatic heterocycles. The second-order valence-electron chi connectivity index (χ2n) is 6.66. The van der Waals surface area contributed by atoms with Crippen LogP contribution in [-0.4, -0.2) is 62.4 Å². The minimum Gasteiger partial charge on any atom is -0.340 e. The Bertz CT molecular complexity index is 690. The Morgan fingerprint density at radius 2 is 2.04 bits per heavy atom. The smallest absolute Gasteiger partial charge is 0.243 e. The number of alkyl halides is 1. The summed E-state index contributed by atoms with van der Waals surface area (Å²) >= 11 is 0. The van der Waals surface area contributed by atoms with Crippen molar-refractivity contribution in [1.29, 1.82) is 0 Å². The van der Waals surface area contributed by atoms with Crippen LogP contribution in [0.2, 0.25) is 0 Å². The van der Waals surface area contributed by atoms with E-state index in [1.807, 2.05) is 20.9 Å². The standard InChI is InChI=1S/C16H25FN6O2/c1-5-14-19-16(25-20-14)10(2)22(4)8-13-6-12(17)7-23(13)9-15-18-11(3)24-21-15/h10,12-13H,5-9H2,1-4H3/t10-,12-,13-/m0/s1. The quantitative estimate of drug-likeness (QED) is 0.747. The average molecular weight is 352 g/mol. The van der Waals surface area contributed by atoms with E-state index in [0.29, 0.717) is 49.5 Å². The number of hydrogen-bond acceptors (Lipinski definition) is 8. The topological polar surface area (TPSA) is 84.3 Å². The van der Waals surface area contributed by atoms with Crippen molar-refractivity contribution in [2.45, 2.75) is 58.4 Å². The molecular weight excluding hydrogens is 327 g/mol. The summed E-state index contributed by atoms with van der Waals surface area (Å²) in [6.07, 6.45) is 0.402. The predicted molar refractivity (Wildman–Crippen MR) is 87.5 cm³/mol. The number of aromatic nitrogens is 4. The molecule has 0 aliphatic carbocycles. The van der Waals surface area contributed by atoms with Crippen molar-refractivity contribution >= 4 is 0 Å². The van der Waals surface area contributed by atoms with E-state index in [0.717, 1.165) is 6.42 Å². The van der Waals surface area contributed by atoms with Gasteiger partial charge in [-0.05, 0) is 20.4 Å². The maximum atomic E-state index is 14.0. The summed E-state index contributed by atoms with van der Waals surface area (Å²) in [5, 5.41) is 7.86. The second kappa shape index (κ2) is 7.57. The summed E-state index contributed by atoms with van der Waals surface area (Å²) in [4.78, 5) is 12.8. The summed E-state index contributed by atoms with van der Waals surface area (Å²) < 4.78 is 24.3. The van der Waals surface area contributed by atoms with Crippen molar-refractivity contribution in [1.82, 2.24) is 30.1 Å². The lowest BCUT2D eigenvalue weighted by molar-refractivity contribution is 0.141. The van der Waals surface area contributed by atoms with Crippen LogP contribution in [-0.2, 0) is 13.0 Å². The van der Waals surface area contributed by atoms with E-state index in [1.165, 1.54) is 0 Å². The Morgan fingerprint density at radius 1 is 1.28 bits per heavy atom. The highest BCUT2D eigenvalue weighted by Gasteiger charge is 2.34. The van der Waals surface area contributed by atoms with Gasteiger partial charge in [-0.15, -0.1) is 0 Å². The first-order valence-corrected chi connectivity index (χ1v) is 8.66. The van der Waals surface area contributed by atoms with Gasteiger partial charge in [0.05, 0.1) is 12.6 Å². The molecular formula is C16H25FN6O2. The third kappa shape index (κ3) is 4.21. The first-order valence-electron chi connectivity index (χ1n) is 8.66. The van der Waals surface area contributed by atoms with Gasteiger partial charge in [-0.1, -0.05) is 17.2 Å². The normalized spacial score (nSPS) is 22.8. The van der Waals surface area contributed by atoms with Crippen LogP contribution in [0.4, 0.5) is 4.39 Å². The Balaban J connectivity index is 1.62. The summed E-state index contributed by atoms with van der Waals surface area (Å²) in [7, 11) is 1.99. The lowest BCUT2D eigenvalue weighted by Gasteiger charge is -2.29. The second-order valence-corrected chi connectivity index (χ2v) is 6.66. The number of halogens is 1. The minimum atomic E-state index is -0.836.